The van der Waals surface area contributed by atoms with Crippen LogP contribution in [-0.2, 0) is 20.7 Å². The molecule has 1 saturated heterocycles. The monoisotopic (exact) mass is 406 g/mol. The highest BCUT2D eigenvalue weighted by molar-refractivity contribution is 5.84. The van der Waals surface area contributed by atoms with Crippen molar-refractivity contribution in [1.29, 1.82) is 0 Å². The number of carbonyl (C=O) groups is 2. The third-order valence-corrected chi connectivity index (χ3v) is 5.03. The molecule has 0 aliphatic carbocycles. The van der Waals surface area contributed by atoms with Crippen LogP contribution in [0.2, 0.25) is 0 Å². The van der Waals surface area contributed by atoms with Gasteiger partial charge in [-0.05, 0) is 49.8 Å². The Balaban J connectivity index is 1.99. The zero-order valence-electron chi connectivity index (χ0n) is 17.6. The highest BCUT2D eigenvalue weighted by Crippen LogP contribution is 2.20. The third kappa shape index (κ3) is 7.10. The molecule has 0 bridgehead atoms. The molecule has 1 heterocycles. The number of amides is 1. The normalized spacial score (nSPS) is 20.0. The summed E-state index contributed by atoms with van der Waals surface area (Å²) >= 11 is 0. The SMILES string of the molecule is CC(O)CN(C(=O)[C@@H](N)Cc1ccc(OC2CCCCO2)cc1)[C@H](C=O)C(C)C. The number of nitrogens with zero attached hydrogens (tertiary/aromatic N) is 1. The second-order valence-electron chi connectivity index (χ2n) is 8.08. The summed E-state index contributed by atoms with van der Waals surface area (Å²) in [5, 5.41) is 9.76. The predicted molar refractivity (Wildman–Crippen MR) is 110 cm³/mol. The van der Waals surface area contributed by atoms with Gasteiger partial charge in [0.1, 0.15) is 12.0 Å². The molecular weight excluding hydrogens is 372 g/mol. The highest BCUT2D eigenvalue weighted by atomic mass is 16.7. The lowest BCUT2D eigenvalue weighted by Gasteiger charge is -2.33. The quantitative estimate of drug-likeness (QED) is 0.576. The molecule has 0 radical (unpaired) electrons. The van der Waals surface area contributed by atoms with Gasteiger partial charge in [0, 0.05) is 13.0 Å². The van der Waals surface area contributed by atoms with Crippen LogP contribution in [0.3, 0.4) is 0 Å². The number of carbonyl (C=O) groups excluding carboxylic acids is 2. The average molecular weight is 407 g/mol. The van der Waals surface area contributed by atoms with Crippen molar-refractivity contribution in [2.75, 3.05) is 13.2 Å². The first-order valence-electron chi connectivity index (χ1n) is 10.4. The van der Waals surface area contributed by atoms with E-state index in [9.17, 15) is 14.7 Å². The maximum atomic E-state index is 12.9. The number of aliphatic hydroxyl groups is 1. The predicted octanol–water partition coefficient (Wildman–Crippen LogP) is 1.89. The molecule has 3 N–H and O–H groups in total. The number of benzene rings is 1. The molecular formula is C22H34N2O5. The van der Waals surface area contributed by atoms with Gasteiger partial charge >= 0.3 is 0 Å². The van der Waals surface area contributed by atoms with E-state index >= 15 is 0 Å². The van der Waals surface area contributed by atoms with E-state index in [-0.39, 0.29) is 24.7 Å². The fraction of sp³-hybridized carbons (Fsp3) is 0.636. The number of hydrogen-bond acceptors (Lipinski definition) is 6. The van der Waals surface area contributed by atoms with Gasteiger partial charge in [-0.2, -0.15) is 0 Å². The Hall–Kier alpha value is -1.96. The van der Waals surface area contributed by atoms with Crippen LogP contribution >= 0.6 is 0 Å². The van der Waals surface area contributed by atoms with Crippen molar-refractivity contribution in [3.05, 3.63) is 29.8 Å². The molecule has 0 aromatic heterocycles. The van der Waals surface area contributed by atoms with Gasteiger partial charge in [0.2, 0.25) is 5.91 Å². The van der Waals surface area contributed by atoms with Gasteiger partial charge in [-0.1, -0.05) is 26.0 Å². The van der Waals surface area contributed by atoms with Crippen molar-refractivity contribution in [3.8, 4) is 5.75 Å². The molecule has 1 fully saturated rings. The van der Waals surface area contributed by atoms with Crippen LogP contribution in [0.4, 0.5) is 0 Å². The first-order chi connectivity index (χ1) is 13.8. The van der Waals surface area contributed by atoms with E-state index in [0.29, 0.717) is 6.42 Å². The lowest BCUT2D eigenvalue weighted by Crippen LogP contribution is -2.53. The van der Waals surface area contributed by atoms with Crippen LogP contribution in [0, 0.1) is 5.92 Å². The summed E-state index contributed by atoms with van der Waals surface area (Å²) in [5.74, 6) is 0.311. The van der Waals surface area contributed by atoms with E-state index in [0.717, 1.165) is 43.5 Å². The summed E-state index contributed by atoms with van der Waals surface area (Å²) in [6.45, 7) is 6.11. The summed E-state index contributed by atoms with van der Waals surface area (Å²) in [6, 6.07) is 6.03. The largest absolute Gasteiger partial charge is 0.465 e. The van der Waals surface area contributed by atoms with Crippen molar-refractivity contribution < 1.29 is 24.2 Å². The summed E-state index contributed by atoms with van der Waals surface area (Å²) in [5.41, 5.74) is 7.06. The minimum absolute atomic E-state index is 0.0687. The zero-order valence-corrected chi connectivity index (χ0v) is 17.6. The molecule has 0 spiro atoms. The fourth-order valence-electron chi connectivity index (χ4n) is 3.45. The van der Waals surface area contributed by atoms with E-state index in [1.807, 2.05) is 38.1 Å². The molecule has 162 valence electrons. The fourth-order valence-corrected chi connectivity index (χ4v) is 3.45. The van der Waals surface area contributed by atoms with E-state index in [1.54, 1.807) is 6.92 Å². The Labute approximate surface area is 173 Å². The Bertz CT molecular complexity index is 641. The van der Waals surface area contributed by atoms with Crippen LogP contribution in [0.25, 0.3) is 0 Å². The zero-order chi connectivity index (χ0) is 21.4. The van der Waals surface area contributed by atoms with Gasteiger partial charge < -0.3 is 30.0 Å². The molecule has 2 unspecified atom stereocenters. The number of rotatable bonds is 10. The van der Waals surface area contributed by atoms with Crippen LogP contribution in [-0.4, -0.2) is 59.8 Å². The van der Waals surface area contributed by atoms with E-state index < -0.39 is 18.2 Å². The van der Waals surface area contributed by atoms with Crippen molar-refractivity contribution >= 4 is 12.2 Å². The standard InChI is InChI=1S/C22H34N2O5/c1-15(2)20(14-25)24(13-16(3)26)22(27)19(23)12-17-7-9-18(10-8-17)29-21-6-4-5-11-28-21/h7-10,14-16,19-21,26H,4-6,11-13,23H2,1-3H3/t16?,19-,20+,21?/m0/s1. The summed E-state index contributed by atoms with van der Waals surface area (Å²) in [7, 11) is 0. The average Bonchev–Trinajstić information content (AvgIpc) is 2.69. The molecule has 29 heavy (non-hydrogen) atoms. The van der Waals surface area contributed by atoms with Crippen LogP contribution in [0.15, 0.2) is 24.3 Å². The molecule has 1 aliphatic heterocycles. The maximum absolute atomic E-state index is 12.9. The van der Waals surface area contributed by atoms with Crippen LogP contribution < -0.4 is 10.5 Å². The molecule has 1 aliphatic rings. The van der Waals surface area contributed by atoms with Gasteiger partial charge in [0.25, 0.3) is 0 Å². The van der Waals surface area contributed by atoms with E-state index in [2.05, 4.69) is 0 Å². The summed E-state index contributed by atoms with van der Waals surface area (Å²) < 4.78 is 11.4. The molecule has 7 nitrogen and oxygen atoms in total. The number of aliphatic hydroxyl groups excluding tert-OH is 1. The minimum Gasteiger partial charge on any atom is -0.465 e. The Kier molecular flexibility index (Phi) is 9.07. The van der Waals surface area contributed by atoms with Gasteiger partial charge in [-0.15, -0.1) is 0 Å². The Morgan fingerprint density at radius 2 is 2.00 bits per heavy atom. The Morgan fingerprint density at radius 3 is 2.52 bits per heavy atom. The number of ether oxygens (including phenoxy) is 2. The number of hydrogen-bond donors (Lipinski definition) is 2. The van der Waals surface area contributed by atoms with Gasteiger partial charge in [-0.25, -0.2) is 0 Å². The van der Waals surface area contributed by atoms with Gasteiger partial charge in [0.15, 0.2) is 6.29 Å². The van der Waals surface area contributed by atoms with Crippen LogP contribution in [0.5, 0.6) is 5.75 Å². The topological polar surface area (TPSA) is 102 Å². The smallest absolute Gasteiger partial charge is 0.240 e. The van der Waals surface area contributed by atoms with Crippen molar-refractivity contribution in [2.45, 2.75) is 70.9 Å². The van der Waals surface area contributed by atoms with Crippen molar-refractivity contribution in [2.24, 2.45) is 11.7 Å². The second kappa shape index (κ2) is 11.3. The second-order valence-corrected chi connectivity index (χ2v) is 8.08. The maximum Gasteiger partial charge on any atom is 0.240 e. The number of nitrogens with two attached hydrogens (primary N) is 1. The molecule has 1 amide bonds. The summed E-state index contributed by atoms with van der Waals surface area (Å²) in [4.78, 5) is 25.8. The first-order valence-corrected chi connectivity index (χ1v) is 10.4. The van der Waals surface area contributed by atoms with Crippen molar-refractivity contribution in [1.82, 2.24) is 4.90 Å². The van der Waals surface area contributed by atoms with E-state index in [4.69, 9.17) is 15.2 Å². The van der Waals surface area contributed by atoms with Crippen LogP contribution in [0.1, 0.15) is 45.6 Å². The molecule has 4 atom stereocenters. The van der Waals surface area contributed by atoms with Crippen molar-refractivity contribution in [3.63, 3.8) is 0 Å². The van der Waals surface area contributed by atoms with Gasteiger partial charge in [0.05, 0.1) is 24.8 Å². The minimum atomic E-state index is -0.802. The molecule has 2 rings (SSSR count). The lowest BCUT2D eigenvalue weighted by molar-refractivity contribution is -0.140. The molecule has 7 heteroatoms. The molecule has 1 aromatic carbocycles. The Morgan fingerprint density at radius 1 is 1.31 bits per heavy atom. The highest BCUT2D eigenvalue weighted by Gasteiger charge is 2.30. The third-order valence-electron chi connectivity index (χ3n) is 5.03. The molecule has 1 aromatic rings. The summed E-state index contributed by atoms with van der Waals surface area (Å²) in [6.07, 6.45) is 3.18. The number of aldehydes is 1. The lowest BCUT2D eigenvalue weighted by atomic mass is 10.00. The van der Waals surface area contributed by atoms with Gasteiger partial charge in [-0.3, -0.25) is 4.79 Å². The first kappa shape index (κ1) is 23.3. The van der Waals surface area contributed by atoms with E-state index in [1.165, 1.54) is 4.90 Å². The molecule has 0 saturated carbocycles.